The highest BCUT2D eigenvalue weighted by molar-refractivity contribution is 5.38. The van der Waals surface area contributed by atoms with Gasteiger partial charge in [-0.1, -0.05) is 18.2 Å². The Labute approximate surface area is 126 Å². The Bertz CT molecular complexity index is 564. The monoisotopic (exact) mass is 285 g/mol. The number of ether oxygens (including phenoxy) is 2. The van der Waals surface area contributed by atoms with E-state index in [-0.39, 0.29) is 0 Å². The van der Waals surface area contributed by atoms with E-state index in [0.29, 0.717) is 6.54 Å². The highest BCUT2D eigenvalue weighted by Crippen LogP contribution is 2.24. The van der Waals surface area contributed by atoms with Gasteiger partial charge in [0.1, 0.15) is 11.5 Å². The molecular formula is C18H23NO2. The molecule has 2 N–H and O–H groups in total. The van der Waals surface area contributed by atoms with Crippen LogP contribution in [0, 0.1) is 6.92 Å². The first-order chi connectivity index (χ1) is 10.2. The Morgan fingerprint density at radius 2 is 1.67 bits per heavy atom. The summed E-state index contributed by atoms with van der Waals surface area (Å²) in [6.07, 6.45) is 1.82. The van der Waals surface area contributed by atoms with Crippen LogP contribution >= 0.6 is 0 Å². The Balaban J connectivity index is 2.02. The van der Waals surface area contributed by atoms with Crippen LogP contribution in [0.1, 0.15) is 16.7 Å². The summed E-state index contributed by atoms with van der Waals surface area (Å²) in [7, 11) is 1.72. The summed E-state index contributed by atoms with van der Waals surface area (Å²) in [6, 6.07) is 14.3. The second kappa shape index (κ2) is 7.81. The number of nitrogens with two attached hydrogens (primary N) is 1. The number of aryl methyl sites for hydroxylation is 1. The minimum atomic E-state index is 0.671. The lowest BCUT2D eigenvalue weighted by molar-refractivity contribution is 0.202. The molecule has 0 aliphatic heterocycles. The van der Waals surface area contributed by atoms with Crippen LogP contribution in [-0.4, -0.2) is 20.3 Å². The Morgan fingerprint density at radius 3 is 2.29 bits per heavy atom. The molecule has 0 aromatic heterocycles. The average molecular weight is 285 g/mol. The molecule has 0 bridgehead atoms. The van der Waals surface area contributed by atoms with Crippen LogP contribution in [0.2, 0.25) is 0 Å². The quantitative estimate of drug-likeness (QED) is 0.847. The zero-order valence-corrected chi connectivity index (χ0v) is 12.8. The van der Waals surface area contributed by atoms with Crippen LogP contribution in [0.5, 0.6) is 11.5 Å². The van der Waals surface area contributed by atoms with E-state index >= 15 is 0 Å². The van der Waals surface area contributed by atoms with Crippen molar-refractivity contribution in [1.82, 2.24) is 0 Å². The molecule has 0 radical (unpaired) electrons. The van der Waals surface area contributed by atoms with Gasteiger partial charge in [0.25, 0.3) is 0 Å². The van der Waals surface area contributed by atoms with Crippen molar-refractivity contribution < 1.29 is 9.47 Å². The van der Waals surface area contributed by atoms with Gasteiger partial charge in [-0.2, -0.15) is 0 Å². The van der Waals surface area contributed by atoms with Crippen LogP contribution in [0.25, 0.3) is 0 Å². The Hall–Kier alpha value is -1.84. The van der Waals surface area contributed by atoms with E-state index in [4.69, 9.17) is 15.2 Å². The van der Waals surface area contributed by atoms with E-state index in [9.17, 15) is 0 Å². The Morgan fingerprint density at radius 1 is 0.952 bits per heavy atom. The van der Waals surface area contributed by atoms with Crippen molar-refractivity contribution in [2.75, 3.05) is 20.3 Å². The maximum Gasteiger partial charge on any atom is 0.127 e. The lowest BCUT2D eigenvalue weighted by atomic mass is 10.1. The van der Waals surface area contributed by atoms with Gasteiger partial charge in [0.2, 0.25) is 0 Å². The summed E-state index contributed by atoms with van der Waals surface area (Å²) in [5.74, 6) is 1.71. The van der Waals surface area contributed by atoms with Gasteiger partial charge >= 0.3 is 0 Å². The van der Waals surface area contributed by atoms with Crippen LogP contribution in [0.4, 0.5) is 0 Å². The molecule has 2 aromatic rings. The zero-order chi connectivity index (χ0) is 15.1. The second-order valence-electron chi connectivity index (χ2n) is 5.12. The summed E-state index contributed by atoms with van der Waals surface area (Å²) in [5.41, 5.74) is 9.34. The van der Waals surface area contributed by atoms with Crippen LogP contribution in [0.15, 0.2) is 42.5 Å². The van der Waals surface area contributed by atoms with Gasteiger partial charge in [0.05, 0.1) is 6.61 Å². The molecular weight excluding hydrogens is 262 g/mol. The van der Waals surface area contributed by atoms with Gasteiger partial charge in [0, 0.05) is 7.11 Å². The van der Waals surface area contributed by atoms with Gasteiger partial charge in [-0.25, -0.2) is 0 Å². The molecule has 0 unspecified atom stereocenters. The van der Waals surface area contributed by atoms with Crippen molar-refractivity contribution in [3.8, 4) is 11.5 Å². The predicted octanol–water partition coefficient (Wildman–Crippen LogP) is 3.48. The van der Waals surface area contributed by atoms with Gasteiger partial charge in [-0.15, -0.1) is 0 Å². The van der Waals surface area contributed by atoms with Crippen molar-refractivity contribution in [2.24, 2.45) is 5.73 Å². The minimum Gasteiger partial charge on any atom is -0.457 e. The molecule has 0 spiro atoms. The molecule has 0 saturated carbocycles. The molecule has 2 aromatic carbocycles. The topological polar surface area (TPSA) is 44.5 Å². The van der Waals surface area contributed by atoms with Gasteiger partial charge in [-0.05, 0) is 67.3 Å². The molecule has 0 aliphatic carbocycles. The summed E-state index contributed by atoms with van der Waals surface area (Å²) < 4.78 is 11.0. The first-order valence-electron chi connectivity index (χ1n) is 7.28. The number of hydrogen-bond donors (Lipinski definition) is 1. The lowest BCUT2D eigenvalue weighted by Gasteiger charge is -2.10. The molecule has 3 nitrogen and oxygen atoms in total. The third-order valence-electron chi connectivity index (χ3n) is 3.48. The fraction of sp³-hybridized carbons (Fsp3) is 0.333. The van der Waals surface area contributed by atoms with Gasteiger partial charge < -0.3 is 15.2 Å². The molecule has 0 amide bonds. The summed E-state index contributed by atoms with van der Waals surface area (Å²) in [4.78, 5) is 0. The highest BCUT2D eigenvalue weighted by Gasteiger charge is 2.02. The van der Waals surface area contributed by atoms with Gasteiger partial charge in [0.15, 0.2) is 0 Å². The standard InChI is InChI=1S/C18H23NO2/c1-14-13-18(8-5-16(14)9-11-19)21-17-6-3-15(4-7-17)10-12-20-2/h3-8,13H,9-12,19H2,1-2H3. The van der Waals surface area contributed by atoms with E-state index in [0.717, 1.165) is 30.9 Å². The van der Waals surface area contributed by atoms with Crippen molar-refractivity contribution >= 4 is 0 Å². The molecule has 0 fully saturated rings. The third kappa shape index (κ3) is 4.59. The van der Waals surface area contributed by atoms with E-state index in [1.54, 1.807) is 7.11 Å². The average Bonchev–Trinajstić information content (AvgIpc) is 2.49. The number of rotatable bonds is 7. The zero-order valence-electron chi connectivity index (χ0n) is 12.8. The number of hydrogen-bond acceptors (Lipinski definition) is 3. The maximum atomic E-state index is 5.89. The molecule has 0 atom stereocenters. The molecule has 0 saturated heterocycles. The van der Waals surface area contributed by atoms with Crippen molar-refractivity contribution in [2.45, 2.75) is 19.8 Å². The molecule has 21 heavy (non-hydrogen) atoms. The second-order valence-corrected chi connectivity index (χ2v) is 5.12. The number of benzene rings is 2. The van der Waals surface area contributed by atoms with Gasteiger partial charge in [-0.3, -0.25) is 0 Å². The minimum absolute atomic E-state index is 0.671. The van der Waals surface area contributed by atoms with E-state index < -0.39 is 0 Å². The summed E-state index contributed by atoms with van der Waals surface area (Å²) in [5, 5.41) is 0. The SMILES string of the molecule is COCCc1ccc(Oc2ccc(CCN)c(C)c2)cc1. The Kier molecular flexibility index (Phi) is 5.78. The molecule has 0 aliphatic rings. The van der Waals surface area contributed by atoms with Crippen LogP contribution in [-0.2, 0) is 17.6 Å². The molecule has 112 valence electrons. The van der Waals surface area contributed by atoms with Crippen LogP contribution in [0.3, 0.4) is 0 Å². The molecule has 3 heteroatoms. The molecule has 0 heterocycles. The number of methoxy groups -OCH3 is 1. The predicted molar refractivity (Wildman–Crippen MR) is 86.0 cm³/mol. The first-order valence-corrected chi connectivity index (χ1v) is 7.28. The summed E-state index contributed by atoms with van der Waals surface area (Å²) in [6.45, 7) is 3.50. The van der Waals surface area contributed by atoms with Crippen molar-refractivity contribution in [3.05, 3.63) is 59.2 Å². The summed E-state index contributed by atoms with van der Waals surface area (Å²) >= 11 is 0. The highest BCUT2D eigenvalue weighted by atomic mass is 16.5. The smallest absolute Gasteiger partial charge is 0.127 e. The fourth-order valence-electron chi connectivity index (χ4n) is 2.25. The van der Waals surface area contributed by atoms with E-state index in [2.05, 4.69) is 31.2 Å². The lowest BCUT2D eigenvalue weighted by Crippen LogP contribution is -2.04. The van der Waals surface area contributed by atoms with E-state index in [1.807, 2.05) is 18.2 Å². The first kappa shape index (κ1) is 15.5. The van der Waals surface area contributed by atoms with Crippen molar-refractivity contribution in [1.29, 1.82) is 0 Å². The maximum absolute atomic E-state index is 5.89. The van der Waals surface area contributed by atoms with E-state index in [1.165, 1.54) is 16.7 Å². The van der Waals surface area contributed by atoms with Crippen LogP contribution < -0.4 is 10.5 Å². The normalized spacial score (nSPS) is 10.6. The van der Waals surface area contributed by atoms with Crippen molar-refractivity contribution in [3.63, 3.8) is 0 Å². The largest absolute Gasteiger partial charge is 0.457 e. The molecule has 2 rings (SSSR count). The third-order valence-corrected chi connectivity index (χ3v) is 3.48. The fourth-order valence-corrected chi connectivity index (χ4v) is 2.25.